The third-order valence-electron chi connectivity index (χ3n) is 3.58. The summed E-state index contributed by atoms with van der Waals surface area (Å²) in [5.74, 6) is 0.349. The Kier molecular flexibility index (Phi) is 8.21. The molecule has 1 unspecified atom stereocenters. The van der Waals surface area contributed by atoms with Crippen LogP contribution in [-0.4, -0.2) is 57.1 Å². The first-order valence-electron chi connectivity index (χ1n) is 8.30. The number of amides is 2. The van der Waals surface area contributed by atoms with E-state index in [0.717, 1.165) is 6.54 Å². The van der Waals surface area contributed by atoms with Crippen LogP contribution in [0, 0.1) is 5.92 Å². The summed E-state index contributed by atoms with van der Waals surface area (Å²) in [5.41, 5.74) is 5.76. The van der Waals surface area contributed by atoms with Crippen molar-refractivity contribution in [3.63, 3.8) is 0 Å². The van der Waals surface area contributed by atoms with Gasteiger partial charge >= 0.3 is 0 Å². The van der Waals surface area contributed by atoms with Gasteiger partial charge in [-0.25, -0.2) is 0 Å². The van der Waals surface area contributed by atoms with Crippen LogP contribution in [0.5, 0.6) is 11.5 Å². The molecule has 0 fully saturated rings. The largest absolute Gasteiger partial charge is 0.493 e. The van der Waals surface area contributed by atoms with Crippen molar-refractivity contribution in [2.75, 3.05) is 34.4 Å². The highest BCUT2D eigenvalue weighted by Crippen LogP contribution is 2.28. The molecule has 0 aliphatic carbocycles. The maximum Gasteiger partial charge on any atom is 0.252 e. The van der Waals surface area contributed by atoms with Crippen molar-refractivity contribution in [2.24, 2.45) is 11.7 Å². The summed E-state index contributed by atoms with van der Waals surface area (Å²) in [5, 5.41) is 2.69. The number of methoxy groups -OCH3 is 1. The Morgan fingerprint density at radius 2 is 1.92 bits per heavy atom. The summed E-state index contributed by atoms with van der Waals surface area (Å²) in [6.45, 7) is 5.13. The molecule has 0 heterocycles. The van der Waals surface area contributed by atoms with Crippen LogP contribution in [0.15, 0.2) is 18.2 Å². The van der Waals surface area contributed by atoms with Crippen molar-refractivity contribution in [3.05, 3.63) is 23.8 Å². The fourth-order valence-corrected chi connectivity index (χ4v) is 2.23. The van der Waals surface area contributed by atoms with E-state index in [2.05, 4.69) is 5.32 Å². The lowest BCUT2D eigenvalue weighted by atomic mass is 10.0. The first-order valence-corrected chi connectivity index (χ1v) is 8.30. The monoisotopic (exact) mass is 351 g/mol. The number of carbonyl (C=O) groups is 2. The number of hydrogen-bond acceptors (Lipinski definition) is 5. The van der Waals surface area contributed by atoms with Crippen LogP contribution < -0.4 is 20.5 Å². The Hall–Kier alpha value is -2.28. The van der Waals surface area contributed by atoms with Gasteiger partial charge in [0.05, 0.1) is 7.11 Å². The SMILES string of the molecule is COc1ccc(C(=O)NC(CC(C)C)C(N)=O)cc1OCCN(C)C. The molecular weight excluding hydrogens is 322 g/mol. The molecule has 1 rings (SSSR count). The molecular formula is C18H29N3O4. The van der Waals surface area contributed by atoms with Crippen molar-refractivity contribution < 1.29 is 19.1 Å². The summed E-state index contributed by atoms with van der Waals surface area (Å²) >= 11 is 0. The lowest BCUT2D eigenvalue weighted by molar-refractivity contribution is -0.120. The highest BCUT2D eigenvalue weighted by Gasteiger charge is 2.21. The van der Waals surface area contributed by atoms with E-state index in [0.29, 0.717) is 30.1 Å². The second-order valence-electron chi connectivity index (χ2n) is 6.58. The summed E-state index contributed by atoms with van der Waals surface area (Å²) in [7, 11) is 5.44. The van der Waals surface area contributed by atoms with Gasteiger partial charge in [-0.05, 0) is 44.6 Å². The van der Waals surface area contributed by atoms with E-state index in [-0.39, 0.29) is 11.8 Å². The average Bonchev–Trinajstić information content (AvgIpc) is 2.53. The van der Waals surface area contributed by atoms with Crippen LogP contribution in [0.25, 0.3) is 0 Å². The Balaban J connectivity index is 2.88. The number of nitrogens with one attached hydrogen (secondary N) is 1. The topological polar surface area (TPSA) is 93.9 Å². The van der Waals surface area contributed by atoms with Gasteiger partial charge in [0.2, 0.25) is 5.91 Å². The third-order valence-corrected chi connectivity index (χ3v) is 3.58. The second kappa shape index (κ2) is 9.88. The summed E-state index contributed by atoms with van der Waals surface area (Å²) in [4.78, 5) is 26.0. The number of nitrogens with zero attached hydrogens (tertiary/aromatic N) is 1. The number of benzene rings is 1. The predicted octanol–water partition coefficient (Wildman–Crippen LogP) is 1.27. The molecule has 3 N–H and O–H groups in total. The van der Waals surface area contributed by atoms with Crippen LogP contribution in [0.1, 0.15) is 30.6 Å². The molecule has 0 aliphatic heterocycles. The minimum atomic E-state index is -0.701. The van der Waals surface area contributed by atoms with Gasteiger partial charge in [-0.1, -0.05) is 13.8 Å². The highest BCUT2D eigenvalue weighted by atomic mass is 16.5. The first-order chi connectivity index (χ1) is 11.7. The molecule has 7 heteroatoms. The third kappa shape index (κ3) is 7.01. The normalized spacial score (nSPS) is 12.1. The number of likely N-dealkylation sites (N-methyl/N-ethyl adjacent to an activating group) is 1. The van der Waals surface area contributed by atoms with Gasteiger partial charge < -0.3 is 25.4 Å². The zero-order valence-corrected chi connectivity index (χ0v) is 15.7. The van der Waals surface area contributed by atoms with E-state index in [1.54, 1.807) is 25.3 Å². The minimum absolute atomic E-state index is 0.235. The smallest absolute Gasteiger partial charge is 0.252 e. The zero-order chi connectivity index (χ0) is 19.0. The first kappa shape index (κ1) is 20.8. The lowest BCUT2D eigenvalue weighted by Crippen LogP contribution is -2.45. The van der Waals surface area contributed by atoms with Gasteiger partial charge in [-0.2, -0.15) is 0 Å². The van der Waals surface area contributed by atoms with Gasteiger partial charge in [-0.15, -0.1) is 0 Å². The molecule has 7 nitrogen and oxygen atoms in total. The molecule has 0 radical (unpaired) electrons. The van der Waals surface area contributed by atoms with E-state index in [4.69, 9.17) is 15.2 Å². The van der Waals surface area contributed by atoms with Crippen molar-refractivity contribution in [1.82, 2.24) is 10.2 Å². The van der Waals surface area contributed by atoms with Gasteiger partial charge in [-0.3, -0.25) is 9.59 Å². The molecule has 25 heavy (non-hydrogen) atoms. The molecule has 1 aromatic carbocycles. The number of nitrogens with two attached hydrogens (primary N) is 1. The van der Waals surface area contributed by atoms with E-state index in [9.17, 15) is 9.59 Å². The van der Waals surface area contributed by atoms with Crippen molar-refractivity contribution in [2.45, 2.75) is 26.3 Å². The van der Waals surface area contributed by atoms with Crippen molar-refractivity contribution >= 4 is 11.8 Å². The van der Waals surface area contributed by atoms with Crippen LogP contribution in [0.4, 0.5) is 0 Å². The van der Waals surface area contributed by atoms with Crippen molar-refractivity contribution in [3.8, 4) is 11.5 Å². The maximum atomic E-state index is 12.5. The summed E-state index contributed by atoms with van der Waals surface area (Å²) in [6.07, 6.45) is 0.490. The Labute approximate surface area is 149 Å². The summed E-state index contributed by atoms with van der Waals surface area (Å²) < 4.78 is 11.0. The van der Waals surface area contributed by atoms with Crippen LogP contribution in [0.3, 0.4) is 0 Å². The Morgan fingerprint density at radius 1 is 1.24 bits per heavy atom. The molecule has 0 aliphatic rings. The van der Waals surface area contributed by atoms with E-state index < -0.39 is 11.9 Å². The van der Waals surface area contributed by atoms with Gasteiger partial charge in [0.25, 0.3) is 5.91 Å². The number of carbonyl (C=O) groups excluding carboxylic acids is 2. The fraction of sp³-hybridized carbons (Fsp3) is 0.556. The number of primary amides is 1. The maximum absolute atomic E-state index is 12.5. The van der Waals surface area contributed by atoms with Crippen LogP contribution >= 0.6 is 0 Å². The zero-order valence-electron chi connectivity index (χ0n) is 15.7. The number of ether oxygens (including phenoxy) is 2. The minimum Gasteiger partial charge on any atom is -0.493 e. The molecule has 140 valence electrons. The van der Waals surface area contributed by atoms with Gasteiger partial charge in [0, 0.05) is 12.1 Å². The molecule has 0 saturated carbocycles. The molecule has 1 atom stereocenters. The molecule has 0 spiro atoms. The summed E-state index contributed by atoms with van der Waals surface area (Å²) in [6, 6.07) is 4.20. The Morgan fingerprint density at radius 3 is 2.44 bits per heavy atom. The molecule has 0 bridgehead atoms. The van der Waals surface area contributed by atoms with E-state index in [1.165, 1.54) is 0 Å². The molecule has 0 aromatic heterocycles. The van der Waals surface area contributed by atoms with Crippen LogP contribution in [0.2, 0.25) is 0 Å². The number of hydrogen-bond donors (Lipinski definition) is 2. The van der Waals surface area contributed by atoms with Gasteiger partial charge in [0.15, 0.2) is 11.5 Å². The number of rotatable bonds is 10. The average molecular weight is 351 g/mol. The standard InChI is InChI=1S/C18H29N3O4/c1-12(2)10-14(17(19)22)20-18(23)13-6-7-15(24-5)16(11-13)25-9-8-21(3)4/h6-7,11-12,14H,8-10H2,1-5H3,(H2,19,22)(H,20,23). The molecule has 2 amide bonds. The van der Waals surface area contributed by atoms with Crippen LogP contribution in [-0.2, 0) is 4.79 Å². The highest BCUT2D eigenvalue weighted by molar-refractivity contribution is 5.97. The Bertz CT molecular complexity index is 588. The van der Waals surface area contributed by atoms with E-state index in [1.807, 2.05) is 32.8 Å². The quantitative estimate of drug-likeness (QED) is 0.662. The molecule has 1 aromatic rings. The molecule has 0 saturated heterocycles. The van der Waals surface area contributed by atoms with E-state index >= 15 is 0 Å². The van der Waals surface area contributed by atoms with Gasteiger partial charge in [0.1, 0.15) is 12.6 Å². The fourth-order valence-electron chi connectivity index (χ4n) is 2.23. The predicted molar refractivity (Wildman–Crippen MR) is 96.9 cm³/mol. The second-order valence-corrected chi connectivity index (χ2v) is 6.58. The van der Waals surface area contributed by atoms with Crippen molar-refractivity contribution in [1.29, 1.82) is 0 Å². The lowest BCUT2D eigenvalue weighted by Gasteiger charge is -2.18.